The zero-order valence-corrected chi connectivity index (χ0v) is 17.5. The second kappa shape index (κ2) is 9.62. The van der Waals surface area contributed by atoms with Crippen LogP contribution in [0.4, 0.5) is 0 Å². The third-order valence-electron chi connectivity index (χ3n) is 4.65. The van der Waals surface area contributed by atoms with Crippen molar-refractivity contribution >= 4 is 17.7 Å². The van der Waals surface area contributed by atoms with Gasteiger partial charge in [-0.25, -0.2) is 0 Å². The molecular weight excluding hydrogens is 402 g/mol. The summed E-state index contributed by atoms with van der Waals surface area (Å²) in [5, 5.41) is 12.2. The summed E-state index contributed by atoms with van der Waals surface area (Å²) in [5.41, 5.74) is 2.05. The number of benzene rings is 1. The van der Waals surface area contributed by atoms with Crippen molar-refractivity contribution in [3.05, 3.63) is 48.3 Å². The smallest absolute Gasteiger partial charge is 0.230 e. The van der Waals surface area contributed by atoms with Crippen LogP contribution in [0.1, 0.15) is 12.5 Å². The van der Waals surface area contributed by atoms with E-state index in [9.17, 15) is 4.79 Å². The van der Waals surface area contributed by atoms with Crippen LogP contribution in [0.15, 0.2) is 47.9 Å². The first-order chi connectivity index (χ1) is 14.7. The number of rotatable bonds is 8. The first-order valence-electron chi connectivity index (χ1n) is 9.86. The predicted octanol–water partition coefficient (Wildman–Crippen LogP) is 2.58. The Kier molecular flexibility index (Phi) is 6.48. The lowest BCUT2D eigenvalue weighted by molar-refractivity contribution is -0.118. The molecule has 0 atom stereocenters. The summed E-state index contributed by atoms with van der Waals surface area (Å²) in [5.74, 6) is 2.58. The number of nitrogens with zero attached hydrogens (tertiary/aromatic N) is 4. The second-order valence-corrected chi connectivity index (χ2v) is 7.60. The molecule has 156 valence electrons. The van der Waals surface area contributed by atoms with Gasteiger partial charge in [0.2, 0.25) is 5.91 Å². The molecule has 1 amide bonds. The quantitative estimate of drug-likeness (QED) is 0.555. The van der Waals surface area contributed by atoms with Crippen molar-refractivity contribution in [2.45, 2.75) is 25.0 Å². The number of aromatic nitrogens is 4. The summed E-state index contributed by atoms with van der Waals surface area (Å²) in [7, 11) is 0. The summed E-state index contributed by atoms with van der Waals surface area (Å²) >= 11 is 1.39. The van der Waals surface area contributed by atoms with Gasteiger partial charge in [-0.05, 0) is 43.2 Å². The van der Waals surface area contributed by atoms with Crippen LogP contribution in [0, 0.1) is 0 Å². The number of fused-ring (bicyclic) bond motifs is 1. The molecule has 1 aliphatic heterocycles. The van der Waals surface area contributed by atoms with Gasteiger partial charge in [0.05, 0.1) is 5.75 Å². The molecular formula is C21H23N5O3S. The number of pyridine rings is 1. The average molecular weight is 426 g/mol. The number of ether oxygens (including phenoxy) is 2. The van der Waals surface area contributed by atoms with Crippen LogP contribution in [0.5, 0.6) is 11.5 Å². The molecule has 3 heterocycles. The van der Waals surface area contributed by atoms with E-state index in [0.29, 0.717) is 19.8 Å². The van der Waals surface area contributed by atoms with Crippen molar-refractivity contribution in [3.8, 4) is 22.9 Å². The fourth-order valence-electron chi connectivity index (χ4n) is 3.17. The van der Waals surface area contributed by atoms with Gasteiger partial charge in [-0.2, -0.15) is 0 Å². The maximum absolute atomic E-state index is 12.3. The molecule has 30 heavy (non-hydrogen) atoms. The summed E-state index contributed by atoms with van der Waals surface area (Å²) < 4.78 is 13.1. The van der Waals surface area contributed by atoms with Gasteiger partial charge in [0.15, 0.2) is 22.5 Å². The zero-order valence-electron chi connectivity index (χ0n) is 16.7. The van der Waals surface area contributed by atoms with Gasteiger partial charge in [-0.1, -0.05) is 17.8 Å². The van der Waals surface area contributed by atoms with Crippen LogP contribution in [0.2, 0.25) is 0 Å². The number of hydrogen-bond acceptors (Lipinski definition) is 7. The molecule has 4 rings (SSSR count). The van der Waals surface area contributed by atoms with Gasteiger partial charge in [-0.15, -0.1) is 10.2 Å². The number of carbonyl (C=O) groups excluding carboxylic acids is 1. The molecule has 0 saturated heterocycles. The zero-order chi connectivity index (χ0) is 20.8. The standard InChI is InChI=1S/C21H23N5O3S/c1-2-26-20(16-6-8-22-9-7-16)24-25-21(26)30-14-19(27)23-10-5-15-3-4-17-18(13-15)29-12-11-28-17/h3-4,6-9,13H,2,5,10-12,14H2,1H3,(H,23,27). The van der Waals surface area contributed by atoms with Crippen LogP contribution in [0.25, 0.3) is 11.4 Å². The van der Waals surface area contributed by atoms with Crippen molar-refractivity contribution in [1.29, 1.82) is 0 Å². The molecule has 1 aromatic carbocycles. The molecule has 8 nitrogen and oxygen atoms in total. The Bertz CT molecular complexity index is 1010. The van der Waals surface area contributed by atoms with E-state index < -0.39 is 0 Å². The normalized spacial score (nSPS) is 12.6. The van der Waals surface area contributed by atoms with Crippen LogP contribution < -0.4 is 14.8 Å². The second-order valence-electron chi connectivity index (χ2n) is 6.65. The summed E-state index contributed by atoms with van der Waals surface area (Å²) in [6.45, 7) is 4.46. The Balaban J connectivity index is 1.28. The minimum absolute atomic E-state index is 0.0337. The lowest BCUT2D eigenvalue weighted by Gasteiger charge is -2.18. The SMILES string of the molecule is CCn1c(SCC(=O)NCCc2ccc3c(c2)OCCO3)nnc1-c1ccncc1. The lowest BCUT2D eigenvalue weighted by Crippen LogP contribution is -2.27. The Morgan fingerprint density at radius 1 is 1.13 bits per heavy atom. The van der Waals surface area contributed by atoms with Gasteiger partial charge >= 0.3 is 0 Å². The molecule has 1 aliphatic rings. The number of thioether (sulfide) groups is 1. The van der Waals surface area contributed by atoms with E-state index in [1.165, 1.54) is 11.8 Å². The molecule has 1 N–H and O–H groups in total. The maximum Gasteiger partial charge on any atom is 0.230 e. The lowest BCUT2D eigenvalue weighted by atomic mass is 10.1. The minimum atomic E-state index is -0.0337. The Labute approximate surface area is 179 Å². The molecule has 9 heteroatoms. The first kappa shape index (κ1) is 20.2. The van der Waals surface area contributed by atoms with E-state index in [2.05, 4.69) is 20.5 Å². The van der Waals surface area contributed by atoms with Crippen molar-refractivity contribution < 1.29 is 14.3 Å². The highest BCUT2D eigenvalue weighted by atomic mass is 32.2. The van der Waals surface area contributed by atoms with Crippen molar-refractivity contribution in [2.24, 2.45) is 0 Å². The highest BCUT2D eigenvalue weighted by Gasteiger charge is 2.15. The first-order valence-corrected chi connectivity index (χ1v) is 10.8. The van der Waals surface area contributed by atoms with Crippen molar-refractivity contribution in [1.82, 2.24) is 25.1 Å². The predicted molar refractivity (Wildman–Crippen MR) is 114 cm³/mol. The highest BCUT2D eigenvalue weighted by molar-refractivity contribution is 7.99. The number of carbonyl (C=O) groups is 1. The van der Waals surface area contributed by atoms with Crippen molar-refractivity contribution in [2.75, 3.05) is 25.5 Å². The number of amides is 1. The fourth-order valence-corrected chi connectivity index (χ4v) is 4.00. The van der Waals surface area contributed by atoms with E-state index >= 15 is 0 Å². The largest absolute Gasteiger partial charge is 0.486 e. The van der Waals surface area contributed by atoms with Gasteiger partial charge in [0, 0.05) is 31.0 Å². The molecule has 0 aliphatic carbocycles. The minimum Gasteiger partial charge on any atom is -0.486 e. The Morgan fingerprint density at radius 3 is 2.73 bits per heavy atom. The molecule has 0 fully saturated rings. The van der Waals surface area contributed by atoms with E-state index in [4.69, 9.17) is 9.47 Å². The molecule has 0 unspecified atom stereocenters. The highest BCUT2D eigenvalue weighted by Crippen LogP contribution is 2.30. The number of hydrogen-bond donors (Lipinski definition) is 1. The fraction of sp³-hybridized carbons (Fsp3) is 0.333. The van der Waals surface area contributed by atoms with E-state index in [-0.39, 0.29) is 11.7 Å². The monoisotopic (exact) mass is 425 g/mol. The summed E-state index contributed by atoms with van der Waals surface area (Å²) in [6.07, 6.45) is 4.18. The van der Waals surface area contributed by atoms with E-state index in [1.807, 2.05) is 41.8 Å². The Hall–Kier alpha value is -3.07. The summed E-state index contributed by atoms with van der Waals surface area (Å²) in [6, 6.07) is 9.68. The third-order valence-corrected chi connectivity index (χ3v) is 5.61. The van der Waals surface area contributed by atoms with Crippen LogP contribution in [-0.2, 0) is 17.8 Å². The molecule has 0 spiro atoms. The van der Waals surface area contributed by atoms with E-state index in [1.54, 1.807) is 12.4 Å². The molecule has 3 aromatic rings. The molecule has 0 radical (unpaired) electrons. The average Bonchev–Trinajstić information content (AvgIpc) is 3.21. The van der Waals surface area contributed by atoms with E-state index in [0.717, 1.165) is 46.6 Å². The maximum atomic E-state index is 12.3. The molecule has 2 aromatic heterocycles. The topological polar surface area (TPSA) is 91.2 Å². The Morgan fingerprint density at radius 2 is 1.93 bits per heavy atom. The number of nitrogens with one attached hydrogen (secondary N) is 1. The van der Waals surface area contributed by atoms with Crippen LogP contribution in [0.3, 0.4) is 0 Å². The molecule has 0 saturated carbocycles. The molecule has 0 bridgehead atoms. The van der Waals surface area contributed by atoms with Crippen LogP contribution in [-0.4, -0.2) is 51.2 Å². The van der Waals surface area contributed by atoms with Crippen LogP contribution >= 0.6 is 11.8 Å². The van der Waals surface area contributed by atoms with Gasteiger partial charge in [-0.3, -0.25) is 9.78 Å². The van der Waals surface area contributed by atoms with Gasteiger partial charge in [0.25, 0.3) is 0 Å². The van der Waals surface area contributed by atoms with Gasteiger partial charge in [0.1, 0.15) is 13.2 Å². The summed E-state index contributed by atoms with van der Waals surface area (Å²) in [4.78, 5) is 16.3. The third kappa shape index (κ3) is 4.73. The van der Waals surface area contributed by atoms with Gasteiger partial charge < -0.3 is 19.4 Å². The van der Waals surface area contributed by atoms with Crippen molar-refractivity contribution in [3.63, 3.8) is 0 Å².